The molecule has 1 aliphatic rings. The Kier molecular flexibility index (Phi) is 5.18. The van der Waals surface area contributed by atoms with Crippen LogP contribution in [0, 0.1) is 6.07 Å². The summed E-state index contributed by atoms with van der Waals surface area (Å²) in [5.41, 5.74) is 1.02. The summed E-state index contributed by atoms with van der Waals surface area (Å²) in [6.45, 7) is 10.1. The van der Waals surface area contributed by atoms with E-state index in [9.17, 15) is 0 Å². The Balaban J connectivity index is 1.74. The lowest BCUT2D eigenvalue weighted by Gasteiger charge is -2.19. The highest BCUT2D eigenvalue weighted by Gasteiger charge is 2.18. The summed E-state index contributed by atoms with van der Waals surface area (Å²) in [6, 6.07) is 4.43. The topological polar surface area (TPSA) is 36.3 Å². The molecule has 1 aromatic rings. The molecule has 0 N–H and O–H groups in total. The fourth-order valence-corrected chi connectivity index (χ4v) is 2.85. The number of aromatic nitrogens is 2. The van der Waals surface area contributed by atoms with Gasteiger partial charge in [0.05, 0.1) is 12.3 Å². The van der Waals surface area contributed by atoms with Gasteiger partial charge in [0.2, 0.25) is 0 Å². The Morgan fingerprint density at radius 3 is 3.05 bits per heavy atom. The molecule has 0 saturated carbocycles. The van der Waals surface area contributed by atoms with Gasteiger partial charge in [0.25, 0.3) is 0 Å². The maximum absolute atomic E-state index is 5.68. The fourth-order valence-electron chi connectivity index (χ4n) is 2.10. The van der Waals surface area contributed by atoms with E-state index in [-0.39, 0.29) is 0 Å². The third-order valence-corrected chi connectivity index (χ3v) is 5.07. The van der Waals surface area contributed by atoms with Crippen LogP contribution < -0.4 is 0 Å². The first-order valence-electron chi connectivity index (χ1n) is 7.15. The molecule has 1 saturated heterocycles. The van der Waals surface area contributed by atoms with Gasteiger partial charge in [-0.2, -0.15) is 5.10 Å². The second-order valence-corrected chi connectivity index (χ2v) is 12.1. The monoisotopic (exact) mass is 281 g/mol. The number of nitrogens with zero attached hydrogens (tertiary/aromatic N) is 2. The van der Waals surface area contributed by atoms with Crippen LogP contribution >= 0.6 is 0 Å². The summed E-state index contributed by atoms with van der Waals surface area (Å²) < 4.78 is 13.0. The zero-order valence-corrected chi connectivity index (χ0v) is 13.3. The highest BCUT2D eigenvalue weighted by molar-refractivity contribution is 6.76. The molecule has 0 spiro atoms. The number of ether oxygens (including phenoxy) is 2. The van der Waals surface area contributed by atoms with E-state index in [1.807, 2.05) is 10.9 Å². The third-order valence-electron chi connectivity index (χ3n) is 3.36. The van der Waals surface area contributed by atoms with Crippen molar-refractivity contribution in [1.29, 1.82) is 0 Å². The SMILES string of the molecule is C[Si](C)(C)CCOCn1c[c]c(C2CCCOC2)n1. The molecule has 0 aromatic carbocycles. The van der Waals surface area contributed by atoms with Crippen molar-refractivity contribution in [3.05, 3.63) is 18.0 Å². The Morgan fingerprint density at radius 1 is 1.53 bits per heavy atom. The molecule has 1 aromatic heterocycles. The summed E-state index contributed by atoms with van der Waals surface area (Å²) in [5, 5.41) is 4.54. The molecule has 1 atom stereocenters. The second kappa shape index (κ2) is 6.68. The van der Waals surface area contributed by atoms with Crippen LogP contribution in [0.25, 0.3) is 0 Å². The van der Waals surface area contributed by atoms with E-state index < -0.39 is 8.07 Å². The molecule has 2 rings (SSSR count). The van der Waals surface area contributed by atoms with Gasteiger partial charge in [0.1, 0.15) is 6.73 Å². The van der Waals surface area contributed by atoms with E-state index in [4.69, 9.17) is 9.47 Å². The lowest BCUT2D eigenvalue weighted by Crippen LogP contribution is -2.22. The predicted molar refractivity (Wildman–Crippen MR) is 78.0 cm³/mol. The summed E-state index contributed by atoms with van der Waals surface area (Å²) in [6.07, 6.45) is 4.17. The van der Waals surface area contributed by atoms with Gasteiger partial charge >= 0.3 is 0 Å². The minimum absolute atomic E-state index is 0.414. The lowest BCUT2D eigenvalue weighted by molar-refractivity contribution is 0.0721. The molecule has 0 bridgehead atoms. The predicted octanol–water partition coefficient (Wildman–Crippen LogP) is 2.89. The molecule has 1 unspecified atom stereocenters. The summed E-state index contributed by atoms with van der Waals surface area (Å²) in [4.78, 5) is 0. The van der Waals surface area contributed by atoms with Gasteiger partial charge in [-0.15, -0.1) is 0 Å². The van der Waals surface area contributed by atoms with Crippen molar-refractivity contribution in [2.24, 2.45) is 0 Å². The van der Waals surface area contributed by atoms with Gasteiger partial charge in [-0.3, -0.25) is 0 Å². The molecule has 0 aliphatic carbocycles. The van der Waals surface area contributed by atoms with Crippen LogP contribution in [0.15, 0.2) is 6.20 Å². The highest BCUT2D eigenvalue weighted by atomic mass is 28.3. The standard InChI is InChI=1S/C14H25N2O2Si/c1-19(2,3)10-9-18-12-16-7-6-14(15-16)13-5-4-8-17-11-13/h7,13H,4-5,8-12H2,1-3H3. The molecule has 107 valence electrons. The first-order valence-corrected chi connectivity index (χ1v) is 10.9. The van der Waals surface area contributed by atoms with Gasteiger partial charge in [-0.25, -0.2) is 4.68 Å². The Hall–Kier alpha value is -0.653. The normalized spacial score (nSPS) is 20.7. The summed E-state index contributed by atoms with van der Waals surface area (Å²) in [5.74, 6) is 0.414. The molecule has 1 radical (unpaired) electrons. The average molecular weight is 281 g/mol. The first kappa shape index (κ1) is 14.7. The van der Waals surface area contributed by atoms with Gasteiger partial charge in [-0.1, -0.05) is 19.6 Å². The van der Waals surface area contributed by atoms with Crippen LogP contribution in [0.2, 0.25) is 25.7 Å². The maximum atomic E-state index is 5.68. The Bertz CT molecular complexity index is 381. The van der Waals surface area contributed by atoms with Crippen molar-refractivity contribution in [3.63, 3.8) is 0 Å². The largest absolute Gasteiger partial charge is 0.381 e. The van der Waals surface area contributed by atoms with E-state index >= 15 is 0 Å². The first-order chi connectivity index (χ1) is 9.04. The minimum atomic E-state index is -0.996. The van der Waals surface area contributed by atoms with Gasteiger partial charge in [-0.05, 0) is 18.9 Å². The number of rotatable bonds is 6. The Morgan fingerprint density at radius 2 is 2.37 bits per heavy atom. The molecule has 1 aliphatic heterocycles. The highest BCUT2D eigenvalue weighted by Crippen LogP contribution is 2.23. The van der Waals surface area contributed by atoms with E-state index in [2.05, 4.69) is 30.8 Å². The average Bonchev–Trinajstić information content (AvgIpc) is 2.83. The van der Waals surface area contributed by atoms with E-state index in [0.29, 0.717) is 12.6 Å². The summed E-state index contributed by atoms with van der Waals surface area (Å²) in [7, 11) is -0.996. The quantitative estimate of drug-likeness (QED) is 0.594. The smallest absolute Gasteiger partial charge is 0.139 e. The van der Waals surface area contributed by atoms with Crippen LogP contribution in [0.4, 0.5) is 0 Å². The molecule has 5 heteroatoms. The Labute approximate surface area is 117 Å². The van der Waals surface area contributed by atoms with E-state index in [1.165, 1.54) is 6.04 Å². The number of hydrogen-bond acceptors (Lipinski definition) is 3. The molecule has 4 nitrogen and oxygen atoms in total. The molecule has 0 amide bonds. The van der Waals surface area contributed by atoms with Crippen molar-refractivity contribution in [2.75, 3.05) is 19.8 Å². The van der Waals surface area contributed by atoms with Gasteiger partial charge in [0, 0.05) is 39.5 Å². The zero-order chi connectivity index (χ0) is 13.7. The van der Waals surface area contributed by atoms with Crippen LogP contribution in [-0.2, 0) is 16.2 Å². The van der Waals surface area contributed by atoms with Crippen molar-refractivity contribution in [1.82, 2.24) is 9.78 Å². The van der Waals surface area contributed by atoms with Gasteiger partial charge in [0.15, 0.2) is 0 Å². The minimum Gasteiger partial charge on any atom is -0.381 e. The molecule has 19 heavy (non-hydrogen) atoms. The lowest BCUT2D eigenvalue weighted by atomic mass is 9.99. The molecule has 2 heterocycles. The second-order valence-electron chi connectivity index (χ2n) is 6.46. The zero-order valence-electron chi connectivity index (χ0n) is 12.3. The van der Waals surface area contributed by atoms with Crippen molar-refractivity contribution < 1.29 is 9.47 Å². The van der Waals surface area contributed by atoms with Crippen LogP contribution in [0.3, 0.4) is 0 Å². The van der Waals surface area contributed by atoms with Crippen molar-refractivity contribution in [3.8, 4) is 0 Å². The summed E-state index contributed by atoms with van der Waals surface area (Å²) >= 11 is 0. The van der Waals surface area contributed by atoms with Crippen molar-refractivity contribution in [2.45, 2.75) is 51.2 Å². The fraction of sp³-hybridized carbons (Fsp3) is 0.786. The van der Waals surface area contributed by atoms with E-state index in [1.54, 1.807) is 0 Å². The molecular weight excluding hydrogens is 256 g/mol. The van der Waals surface area contributed by atoms with Crippen LogP contribution in [0.1, 0.15) is 24.5 Å². The van der Waals surface area contributed by atoms with E-state index in [0.717, 1.165) is 38.4 Å². The van der Waals surface area contributed by atoms with Gasteiger partial charge < -0.3 is 9.47 Å². The molecule has 1 fully saturated rings. The van der Waals surface area contributed by atoms with Crippen molar-refractivity contribution >= 4 is 8.07 Å². The molecular formula is C14H25N2O2Si. The third kappa shape index (κ3) is 5.08. The maximum Gasteiger partial charge on any atom is 0.139 e. The number of hydrogen-bond donors (Lipinski definition) is 0. The van der Waals surface area contributed by atoms with Crippen LogP contribution in [0.5, 0.6) is 0 Å². The van der Waals surface area contributed by atoms with Crippen LogP contribution in [-0.4, -0.2) is 37.7 Å².